The maximum atomic E-state index is 12.7. The Morgan fingerprint density at radius 3 is 2.20 bits per heavy atom. The van der Waals surface area contributed by atoms with Crippen LogP contribution in [0, 0.1) is 11.8 Å². The summed E-state index contributed by atoms with van der Waals surface area (Å²) < 4.78 is 26.8. The second-order valence-corrected chi connectivity index (χ2v) is 8.27. The van der Waals surface area contributed by atoms with E-state index >= 15 is 0 Å². The molecule has 112 valence electrons. The average Bonchev–Trinajstić information content (AvgIpc) is 2.70. The molecule has 0 amide bonds. The van der Waals surface area contributed by atoms with Crippen LogP contribution in [0.4, 0.5) is 0 Å². The van der Waals surface area contributed by atoms with Gasteiger partial charge in [-0.1, -0.05) is 37.0 Å². The number of rotatable bonds is 3. The Morgan fingerprint density at radius 2 is 1.70 bits per heavy atom. The van der Waals surface area contributed by atoms with E-state index in [2.05, 4.69) is 0 Å². The lowest BCUT2D eigenvalue weighted by atomic mass is 10.0. The maximum absolute atomic E-state index is 12.7. The number of halogens is 3. The summed E-state index contributed by atoms with van der Waals surface area (Å²) in [7, 11) is -3.60. The van der Waals surface area contributed by atoms with Crippen molar-refractivity contribution in [2.75, 3.05) is 13.1 Å². The van der Waals surface area contributed by atoms with Gasteiger partial charge in [-0.3, -0.25) is 0 Å². The summed E-state index contributed by atoms with van der Waals surface area (Å²) in [5, 5.41) is 0.517. The molecule has 1 fully saturated rings. The van der Waals surface area contributed by atoms with Crippen molar-refractivity contribution < 1.29 is 8.42 Å². The summed E-state index contributed by atoms with van der Waals surface area (Å²) in [6.07, 6.45) is 0. The monoisotopic (exact) mass is 355 g/mol. The zero-order valence-electron chi connectivity index (χ0n) is 11.2. The molecular weight excluding hydrogens is 341 g/mol. The predicted molar refractivity (Wildman–Crippen MR) is 83.1 cm³/mol. The summed E-state index contributed by atoms with van der Waals surface area (Å²) in [5.41, 5.74) is 0.566. The lowest BCUT2D eigenvalue weighted by molar-refractivity contribution is 0.463. The fourth-order valence-electron chi connectivity index (χ4n) is 2.28. The molecule has 1 aliphatic rings. The van der Waals surface area contributed by atoms with Crippen LogP contribution in [0.5, 0.6) is 0 Å². The van der Waals surface area contributed by atoms with E-state index in [1.807, 2.05) is 13.8 Å². The Kier molecular flexibility index (Phi) is 4.92. The standard InChI is InChI=1S/C13H16Cl3NO2S/c1-8-6-17(7-9(8)2)20(18,19)13-3-10(5-14)11(15)4-12(13)16/h3-4,8-9H,5-7H2,1-2H3. The number of alkyl halides is 1. The van der Waals surface area contributed by atoms with Crippen molar-refractivity contribution >= 4 is 44.8 Å². The van der Waals surface area contributed by atoms with Crippen LogP contribution >= 0.6 is 34.8 Å². The number of sulfonamides is 1. The van der Waals surface area contributed by atoms with E-state index < -0.39 is 10.0 Å². The molecule has 1 aliphatic heterocycles. The smallest absolute Gasteiger partial charge is 0.207 e. The van der Waals surface area contributed by atoms with Crippen LogP contribution in [0.3, 0.4) is 0 Å². The van der Waals surface area contributed by atoms with Gasteiger partial charge in [-0.05, 0) is 29.5 Å². The van der Waals surface area contributed by atoms with Gasteiger partial charge in [-0.15, -0.1) is 11.6 Å². The quantitative estimate of drug-likeness (QED) is 0.767. The second-order valence-electron chi connectivity index (χ2n) is 5.28. The molecule has 1 aromatic carbocycles. The first kappa shape index (κ1) is 16.4. The molecule has 0 spiro atoms. The van der Waals surface area contributed by atoms with Crippen LogP contribution in [0.15, 0.2) is 17.0 Å². The SMILES string of the molecule is CC1CN(S(=O)(=O)c2cc(CCl)c(Cl)cc2Cl)CC1C. The molecule has 0 aromatic heterocycles. The van der Waals surface area contributed by atoms with E-state index in [0.717, 1.165) is 0 Å². The minimum atomic E-state index is -3.60. The molecule has 0 radical (unpaired) electrons. The zero-order chi connectivity index (χ0) is 15.1. The minimum absolute atomic E-state index is 0.0838. The summed E-state index contributed by atoms with van der Waals surface area (Å²) in [4.78, 5) is 0.0838. The van der Waals surface area contributed by atoms with Crippen molar-refractivity contribution in [3.8, 4) is 0 Å². The van der Waals surface area contributed by atoms with Crippen molar-refractivity contribution in [1.29, 1.82) is 0 Å². The van der Waals surface area contributed by atoms with Gasteiger partial charge in [0.15, 0.2) is 0 Å². The van der Waals surface area contributed by atoms with Gasteiger partial charge < -0.3 is 0 Å². The normalized spacial score (nSPS) is 24.2. The van der Waals surface area contributed by atoms with Crippen LogP contribution in [0.25, 0.3) is 0 Å². The highest BCUT2D eigenvalue weighted by Crippen LogP contribution is 2.34. The highest BCUT2D eigenvalue weighted by molar-refractivity contribution is 7.89. The molecule has 1 saturated heterocycles. The molecular formula is C13H16Cl3NO2S. The van der Waals surface area contributed by atoms with Crippen molar-refractivity contribution in [1.82, 2.24) is 4.31 Å². The van der Waals surface area contributed by atoms with Crippen LogP contribution < -0.4 is 0 Å². The van der Waals surface area contributed by atoms with Gasteiger partial charge >= 0.3 is 0 Å². The van der Waals surface area contributed by atoms with Crippen LogP contribution in [0.1, 0.15) is 19.4 Å². The van der Waals surface area contributed by atoms with Gasteiger partial charge in [0.1, 0.15) is 4.90 Å². The fraction of sp³-hybridized carbons (Fsp3) is 0.538. The average molecular weight is 357 g/mol. The Bertz CT molecular complexity index is 608. The molecule has 20 heavy (non-hydrogen) atoms. The van der Waals surface area contributed by atoms with Crippen molar-refractivity contribution in [3.05, 3.63) is 27.7 Å². The topological polar surface area (TPSA) is 37.4 Å². The Hall–Kier alpha value is -0.000000000000000111. The predicted octanol–water partition coefficient (Wildman–Crippen LogP) is 4.01. The molecule has 2 rings (SSSR count). The number of hydrogen-bond acceptors (Lipinski definition) is 2. The minimum Gasteiger partial charge on any atom is -0.207 e. The molecule has 2 atom stereocenters. The second kappa shape index (κ2) is 6.01. The number of nitrogens with zero attached hydrogens (tertiary/aromatic N) is 1. The molecule has 7 heteroatoms. The molecule has 0 bridgehead atoms. The molecule has 3 nitrogen and oxygen atoms in total. The molecule has 0 saturated carbocycles. The molecule has 1 aromatic rings. The third-order valence-corrected chi connectivity index (χ3v) is 6.75. The summed E-state index contributed by atoms with van der Waals surface area (Å²) >= 11 is 17.8. The largest absolute Gasteiger partial charge is 0.244 e. The lowest BCUT2D eigenvalue weighted by Crippen LogP contribution is -2.29. The molecule has 1 heterocycles. The maximum Gasteiger partial charge on any atom is 0.244 e. The van der Waals surface area contributed by atoms with Gasteiger partial charge in [-0.2, -0.15) is 4.31 Å². The molecule has 2 unspecified atom stereocenters. The van der Waals surface area contributed by atoms with E-state index in [-0.39, 0.29) is 15.8 Å². The summed E-state index contributed by atoms with van der Waals surface area (Å²) in [6.45, 7) is 5.12. The van der Waals surface area contributed by atoms with E-state index in [1.54, 1.807) is 0 Å². The third kappa shape index (κ3) is 2.95. The van der Waals surface area contributed by atoms with Gasteiger partial charge in [0.2, 0.25) is 10.0 Å². The fourth-order valence-corrected chi connectivity index (χ4v) is 5.05. The first-order chi connectivity index (χ1) is 9.27. The molecule has 0 aliphatic carbocycles. The third-order valence-electron chi connectivity index (χ3n) is 3.82. The van der Waals surface area contributed by atoms with Crippen molar-refractivity contribution in [2.24, 2.45) is 11.8 Å². The zero-order valence-corrected chi connectivity index (χ0v) is 14.3. The van der Waals surface area contributed by atoms with Gasteiger partial charge in [0.05, 0.1) is 5.02 Å². The Morgan fingerprint density at radius 1 is 1.15 bits per heavy atom. The van der Waals surface area contributed by atoms with E-state index in [1.165, 1.54) is 16.4 Å². The first-order valence-electron chi connectivity index (χ1n) is 6.31. The van der Waals surface area contributed by atoms with E-state index in [9.17, 15) is 8.42 Å². The first-order valence-corrected chi connectivity index (χ1v) is 9.04. The van der Waals surface area contributed by atoms with Gasteiger partial charge in [0, 0.05) is 24.0 Å². The summed E-state index contributed by atoms with van der Waals surface area (Å²) in [5.74, 6) is 0.817. The van der Waals surface area contributed by atoms with Gasteiger partial charge in [0.25, 0.3) is 0 Å². The van der Waals surface area contributed by atoms with Crippen molar-refractivity contribution in [2.45, 2.75) is 24.6 Å². The van der Waals surface area contributed by atoms with Crippen LogP contribution in [-0.4, -0.2) is 25.8 Å². The van der Waals surface area contributed by atoms with E-state index in [4.69, 9.17) is 34.8 Å². The molecule has 0 N–H and O–H groups in total. The van der Waals surface area contributed by atoms with Crippen LogP contribution in [0.2, 0.25) is 10.0 Å². The van der Waals surface area contributed by atoms with Crippen LogP contribution in [-0.2, 0) is 15.9 Å². The highest BCUT2D eigenvalue weighted by atomic mass is 35.5. The lowest BCUT2D eigenvalue weighted by Gasteiger charge is -2.18. The Balaban J connectivity index is 2.45. The summed E-state index contributed by atoms with van der Waals surface area (Å²) in [6, 6.07) is 2.91. The van der Waals surface area contributed by atoms with Gasteiger partial charge in [-0.25, -0.2) is 8.42 Å². The van der Waals surface area contributed by atoms with Crippen molar-refractivity contribution in [3.63, 3.8) is 0 Å². The van der Waals surface area contributed by atoms with E-state index in [0.29, 0.717) is 35.5 Å². The number of hydrogen-bond donors (Lipinski definition) is 0. The Labute approximate surface area is 134 Å². The number of benzene rings is 1. The highest BCUT2D eigenvalue weighted by Gasteiger charge is 2.36.